The van der Waals surface area contributed by atoms with Crippen molar-refractivity contribution in [2.24, 2.45) is 0 Å². The summed E-state index contributed by atoms with van der Waals surface area (Å²) in [5, 5.41) is 11.9. The SMILES string of the molecule is C[C@@H](Sc1nnc(C2CC2)n1Cc1ccco1)C(=O)Nc1ccc2[nH]c(=O)[nH]c2c1. The summed E-state index contributed by atoms with van der Waals surface area (Å²) < 4.78 is 7.54. The van der Waals surface area contributed by atoms with Gasteiger partial charge >= 0.3 is 5.69 Å². The number of imidazole rings is 1. The molecule has 1 aromatic carbocycles. The van der Waals surface area contributed by atoms with Crippen LogP contribution in [0.5, 0.6) is 0 Å². The molecule has 0 spiro atoms. The molecule has 10 heteroatoms. The smallest absolute Gasteiger partial charge is 0.323 e. The van der Waals surface area contributed by atoms with Gasteiger partial charge in [-0.05, 0) is 50.1 Å². The van der Waals surface area contributed by atoms with Crippen molar-refractivity contribution in [3.63, 3.8) is 0 Å². The maximum absolute atomic E-state index is 12.8. The Morgan fingerprint density at radius 2 is 2.13 bits per heavy atom. The van der Waals surface area contributed by atoms with Crippen LogP contribution >= 0.6 is 11.8 Å². The van der Waals surface area contributed by atoms with E-state index in [2.05, 4.69) is 25.5 Å². The second-order valence-corrected chi connectivity index (χ2v) is 8.68. The predicted octanol–water partition coefficient (Wildman–Crippen LogP) is 3.09. The molecule has 0 bridgehead atoms. The number of carbonyl (C=O) groups excluding carboxylic acids is 1. The number of nitrogens with one attached hydrogen (secondary N) is 3. The summed E-state index contributed by atoms with van der Waals surface area (Å²) in [6.07, 6.45) is 3.87. The molecule has 1 aliphatic carbocycles. The van der Waals surface area contributed by atoms with Crippen molar-refractivity contribution in [2.45, 2.75) is 42.6 Å². The number of aromatic nitrogens is 5. The summed E-state index contributed by atoms with van der Waals surface area (Å²) in [5.74, 6) is 2.05. The third-order valence-electron chi connectivity index (χ3n) is 5.02. The van der Waals surface area contributed by atoms with E-state index in [4.69, 9.17) is 4.42 Å². The van der Waals surface area contributed by atoms with Crippen LogP contribution in [-0.4, -0.2) is 35.9 Å². The molecule has 154 valence electrons. The van der Waals surface area contributed by atoms with Crippen LogP contribution in [0.25, 0.3) is 11.0 Å². The fourth-order valence-corrected chi connectivity index (χ4v) is 4.16. The Kier molecular flexibility index (Phi) is 4.70. The Morgan fingerprint density at radius 1 is 1.30 bits per heavy atom. The minimum Gasteiger partial charge on any atom is -0.467 e. The molecule has 1 aliphatic rings. The zero-order chi connectivity index (χ0) is 20.7. The number of aromatic amines is 2. The summed E-state index contributed by atoms with van der Waals surface area (Å²) in [6.45, 7) is 2.37. The van der Waals surface area contributed by atoms with E-state index < -0.39 is 5.25 Å². The van der Waals surface area contributed by atoms with Crippen molar-refractivity contribution >= 4 is 34.4 Å². The molecule has 0 unspecified atom stereocenters. The lowest BCUT2D eigenvalue weighted by molar-refractivity contribution is -0.115. The molecule has 3 N–H and O–H groups in total. The first-order valence-corrected chi connectivity index (χ1v) is 10.6. The van der Waals surface area contributed by atoms with Gasteiger partial charge in [0.15, 0.2) is 5.16 Å². The van der Waals surface area contributed by atoms with Gasteiger partial charge in [0.1, 0.15) is 11.6 Å². The molecule has 1 saturated carbocycles. The number of carbonyl (C=O) groups is 1. The zero-order valence-electron chi connectivity index (χ0n) is 16.2. The van der Waals surface area contributed by atoms with Gasteiger partial charge in [0, 0.05) is 11.6 Å². The number of hydrogen-bond donors (Lipinski definition) is 3. The Labute approximate surface area is 175 Å². The molecule has 4 aromatic rings. The monoisotopic (exact) mass is 424 g/mol. The predicted molar refractivity (Wildman–Crippen MR) is 113 cm³/mol. The molecule has 3 aromatic heterocycles. The molecule has 0 saturated heterocycles. The van der Waals surface area contributed by atoms with Crippen LogP contribution < -0.4 is 11.0 Å². The molecule has 9 nitrogen and oxygen atoms in total. The van der Waals surface area contributed by atoms with E-state index in [1.54, 1.807) is 24.5 Å². The number of amides is 1. The van der Waals surface area contributed by atoms with E-state index in [9.17, 15) is 9.59 Å². The molecule has 1 fully saturated rings. The highest BCUT2D eigenvalue weighted by Crippen LogP contribution is 2.40. The Morgan fingerprint density at radius 3 is 2.90 bits per heavy atom. The maximum atomic E-state index is 12.8. The number of benzene rings is 1. The first-order valence-electron chi connectivity index (χ1n) is 9.72. The molecule has 3 heterocycles. The van der Waals surface area contributed by atoms with Crippen molar-refractivity contribution < 1.29 is 9.21 Å². The molecule has 30 heavy (non-hydrogen) atoms. The highest BCUT2D eigenvalue weighted by Gasteiger charge is 2.31. The number of rotatable bonds is 7. The van der Waals surface area contributed by atoms with Gasteiger partial charge in [-0.2, -0.15) is 0 Å². The standard InChI is InChI=1S/C20H20N6O3S/c1-11(18(27)21-13-6-7-15-16(9-13)23-19(28)22-15)30-20-25-24-17(12-4-5-12)26(20)10-14-3-2-8-29-14/h2-3,6-9,11-12H,4-5,10H2,1H3,(H,21,27)(H2,22,23,28)/t11-/m1/s1. The van der Waals surface area contributed by atoms with Crippen LogP contribution in [-0.2, 0) is 11.3 Å². The van der Waals surface area contributed by atoms with E-state index in [-0.39, 0.29) is 11.6 Å². The summed E-state index contributed by atoms with van der Waals surface area (Å²) in [6, 6.07) is 9.01. The fourth-order valence-electron chi connectivity index (χ4n) is 3.30. The van der Waals surface area contributed by atoms with Gasteiger partial charge in [0.2, 0.25) is 5.91 Å². The van der Waals surface area contributed by atoms with Gasteiger partial charge in [-0.25, -0.2) is 4.79 Å². The third kappa shape index (κ3) is 3.78. The quantitative estimate of drug-likeness (QED) is 0.392. The van der Waals surface area contributed by atoms with Gasteiger partial charge in [0.25, 0.3) is 0 Å². The third-order valence-corrected chi connectivity index (χ3v) is 6.10. The van der Waals surface area contributed by atoms with Gasteiger partial charge in [-0.1, -0.05) is 11.8 Å². The fraction of sp³-hybridized carbons (Fsp3) is 0.300. The summed E-state index contributed by atoms with van der Waals surface area (Å²) >= 11 is 1.36. The number of hydrogen-bond acceptors (Lipinski definition) is 6. The van der Waals surface area contributed by atoms with Crippen LogP contribution in [0, 0.1) is 0 Å². The van der Waals surface area contributed by atoms with Crippen molar-refractivity contribution in [1.29, 1.82) is 0 Å². The molecular weight excluding hydrogens is 404 g/mol. The summed E-state index contributed by atoms with van der Waals surface area (Å²) in [5.41, 5.74) is 1.68. The summed E-state index contributed by atoms with van der Waals surface area (Å²) in [7, 11) is 0. The topological polar surface area (TPSA) is 122 Å². The molecule has 5 rings (SSSR count). The highest BCUT2D eigenvalue weighted by atomic mass is 32.2. The lowest BCUT2D eigenvalue weighted by Gasteiger charge is -2.13. The molecular formula is C20H20N6O3S. The normalized spacial score (nSPS) is 14.8. The Bertz CT molecular complexity index is 1250. The number of H-pyrrole nitrogens is 2. The minimum atomic E-state index is -0.391. The second kappa shape index (κ2) is 7.52. The molecule has 1 atom stereocenters. The number of thioether (sulfide) groups is 1. The van der Waals surface area contributed by atoms with Crippen molar-refractivity contribution in [2.75, 3.05) is 5.32 Å². The number of anilines is 1. The Balaban J connectivity index is 1.32. The van der Waals surface area contributed by atoms with Gasteiger partial charge in [0.05, 0.1) is 29.1 Å². The highest BCUT2D eigenvalue weighted by molar-refractivity contribution is 8.00. The minimum absolute atomic E-state index is 0.155. The first-order chi connectivity index (χ1) is 14.6. The molecule has 1 amide bonds. The first kappa shape index (κ1) is 18.7. The number of furan rings is 1. The second-order valence-electron chi connectivity index (χ2n) is 7.37. The van der Waals surface area contributed by atoms with Crippen LogP contribution in [0.3, 0.4) is 0 Å². The average molecular weight is 424 g/mol. The van der Waals surface area contributed by atoms with Crippen molar-refractivity contribution in [3.8, 4) is 0 Å². The van der Waals surface area contributed by atoms with Crippen molar-refractivity contribution in [1.82, 2.24) is 24.7 Å². The molecule has 0 radical (unpaired) electrons. The largest absolute Gasteiger partial charge is 0.467 e. The number of fused-ring (bicyclic) bond motifs is 1. The Hall–Kier alpha value is -3.27. The van der Waals surface area contributed by atoms with E-state index in [0.29, 0.717) is 34.3 Å². The lowest BCUT2D eigenvalue weighted by atomic mass is 10.2. The van der Waals surface area contributed by atoms with Gasteiger partial charge in [-0.3, -0.25) is 9.36 Å². The number of nitrogens with zero attached hydrogens (tertiary/aromatic N) is 3. The van der Waals surface area contributed by atoms with Crippen LogP contribution in [0.1, 0.15) is 37.3 Å². The van der Waals surface area contributed by atoms with E-state index in [0.717, 1.165) is 24.4 Å². The zero-order valence-corrected chi connectivity index (χ0v) is 17.0. The van der Waals surface area contributed by atoms with E-state index in [1.807, 2.05) is 23.6 Å². The van der Waals surface area contributed by atoms with Crippen LogP contribution in [0.15, 0.2) is 51.0 Å². The van der Waals surface area contributed by atoms with E-state index in [1.165, 1.54) is 11.8 Å². The molecule has 0 aliphatic heterocycles. The maximum Gasteiger partial charge on any atom is 0.323 e. The van der Waals surface area contributed by atoms with Crippen LogP contribution in [0.2, 0.25) is 0 Å². The average Bonchev–Trinajstić information content (AvgIpc) is 3.10. The van der Waals surface area contributed by atoms with Gasteiger partial charge < -0.3 is 19.7 Å². The van der Waals surface area contributed by atoms with Crippen LogP contribution in [0.4, 0.5) is 5.69 Å². The van der Waals surface area contributed by atoms with Gasteiger partial charge in [-0.15, -0.1) is 10.2 Å². The lowest BCUT2D eigenvalue weighted by Crippen LogP contribution is -2.23. The summed E-state index contributed by atoms with van der Waals surface area (Å²) in [4.78, 5) is 29.5. The van der Waals surface area contributed by atoms with E-state index >= 15 is 0 Å². The van der Waals surface area contributed by atoms with Crippen molar-refractivity contribution in [3.05, 3.63) is 58.7 Å².